The van der Waals surface area contributed by atoms with Crippen molar-refractivity contribution in [3.63, 3.8) is 0 Å². The van der Waals surface area contributed by atoms with Gasteiger partial charge >= 0.3 is 0 Å². The second-order valence-corrected chi connectivity index (χ2v) is 10.8. The number of nitrogens with zero attached hydrogens (tertiary/aromatic N) is 2. The van der Waals surface area contributed by atoms with Crippen LogP contribution in [0.4, 0.5) is 4.39 Å². The van der Waals surface area contributed by atoms with E-state index in [0.717, 1.165) is 4.88 Å². The smallest absolute Gasteiger partial charge is 0.254 e. The zero-order valence-corrected chi connectivity index (χ0v) is 20.7. The van der Waals surface area contributed by atoms with Crippen LogP contribution >= 0.6 is 11.3 Å². The maximum atomic E-state index is 13.4. The molecule has 3 amide bonds. The third-order valence-corrected chi connectivity index (χ3v) is 6.59. The highest BCUT2D eigenvalue weighted by atomic mass is 32.1. The van der Waals surface area contributed by atoms with Crippen LogP contribution in [0, 0.1) is 11.2 Å². The Kier molecular flexibility index (Phi) is 8.43. The van der Waals surface area contributed by atoms with Crippen molar-refractivity contribution in [1.82, 2.24) is 15.1 Å². The number of likely N-dealkylation sites (tertiary alicyclic amines) is 1. The largest absolute Gasteiger partial charge is 0.353 e. The SMILES string of the molecule is CC(C)(C)CC(=O)N(Cc1cccs1)C1CC(C(=O)NCCN)N(C(=O)c2ccc(F)cc2)C1. The molecule has 9 heteroatoms. The van der Waals surface area contributed by atoms with Crippen LogP contribution in [-0.2, 0) is 16.1 Å². The Morgan fingerprint density at radius 3 is 2.50 bits per heavy atom. The molecule has 1 aliphatic heterocycles. The zero-order valence-electron chi connectivity index (χ0n) is 19.9. The van der Waals surface area contributed by atoms with Gasteiger partial charge in [0.05, 0.1) is 12.6 Å². The number of amides is 3. The fourth-order valence-electron chi connectivity index (χ4n) is 4.13. The minimum absolute atomic E-state index is 0.0110. The number of carbonyl (C=O) groups excluding carboxylic acids is 3. The van der Waals surface area contributed by atoms with E-state index in [1.54, 1.807) is 16.2 Å². The van der Waals surface area contributed by atoms with Gasteiger partial charge in [0, 0.05) is 36.5 Å². The van der Waals surface area contributed by atoms with Crippen LogP contribution in [0.25, 0.3) is 0 Å². The molecule has 0 aliphatic carbocycles. The molecule has 0 radical (unpaired) electrons. The van der Waals surface area contributed by atoms with Crippen molar-refractivity contribution in [2.24, 2.45) is 11.1 Å². The normalized spacial score (nSPS) is 18.1. The summed E-state index contributed by atoms with van der Waals surface area (Å²) in [7, 11) is 0. The van der Waals surface area contributed by atoms with Gasteiger partial charge in [-0.15, -0.1) is 11.3 Å². The minimum atomic E-state index is -0.748. The Labute approximate surface area is 204 Å². The molecule has 1 fully saturated rings. The Hall–Kier alpha value is -2.78. The Morgan fingerprint density at radius 2 is 1.91 bits per heavy atom. The van der Waals surface area contributed by atoms with Gasteiger partial charge in [-0.05, 0) is 47.5 Å². The van der Waals surface area contributed by atoms with E-state index in [1.165, 1.54) is 29.2 Å². The molecule has 3 N–H and O–H groups in total. The van der Waals surface area contributed by atoms with E-state index in [1.807, 2.05) is 38.3 Å². The van der Waals surface area contributed by atoms with Crippen molar-refractivity contribution in [1.29, 1.82) is 0 Å². The Bertz CT molecular complexity index is 989. The van der Waals surface area contributed by atoms with Crippen molar-refractivity contribution in [2.45, 2.75) is 52.2 Å². The van der Waals surface area contributed by atoms with Crippen molar-refractivity contribution < 1.29 is 18.8 Å². The summed E-state index contributed by atoms with van der Waals surface area (Å²) in [5.74, 6) is -1.12. The summed E-state index contributed by atoms with van der Waals surface area (Å²) >= 11 is 1.57. The maximum Gasteiger partial charge on any atom is 0.254 e. The van der Waals surface area contributed by atoms with Crippen molar-refractivity contribution in [2.75, 3.05) is 19.6 Å². The van der Waals surface area contributed by atoms with Crippen LogP contribution < -0.4 is 11.1 Å². The highest BCUT2D eigenvalue weighted by Crippen LogP contribution is 2.29. The van der Waals surface area contributed by atoms with E-state index in [-0.39, 0.29) is 42.3 Å². The average Bonchev–Trinajstić information content (AvgIpc) is 3.44. The first kappa shape index (κ1) is 25.8. The number of thiophene rings is 1. The molecular formula is C25H33FN4O3S. The van der Waals surface area contributed by atoms with Crippen LogP contribution in [0.15, 0.2) is 41.8 Å². The zero-order chi connectivity index (χ0) is 24.9. The molecule has 0 bridgehead atoms. The number of nitrogens with two attached hydrogens (primary N) is 1. The lowest BCUT2D eigenvalue weighted by Gasteiger charge is -2.31. The van der Waals surface area contributed by atoms with E-state index in [0.29, 0.717) is 31.5 Å². The van der Waals surface area contributed by atoms with Gasteiger partial charge in [0.15, 0.2) is 0 Å². The quantitative estimate of drug-likeness (QED) is 0.597. The van der Waals surface area contributed by atoms with Crippen LogP contribution in [0.3, 0.4) is 0 Å². The van der Waals surface area contributed by atoms with E-state index in [4.69, 9.17) is 5.73 Å². The molecule has 0 saturated carbocycles. The van der Waals surface area contributed by atoms with Gasteiger partial charge in [-0.2, -0.15) is 0 Å². The molecule has 3 rings (SSSR count). The molecule has 1 aromatic carbocycles. The molecule has 2 aromatic rings. The summed E-state index contributed by atoms with van der Waals surface area (Å²) in [5, 5.41) is 4.74. The Balaban J connectivity index is 1.89. The summed E-state index contributed by atoms with van der Waals surface area (Å²) in [6.07, 6.45) is 0.676. The lowest BCUT2D eigenvalue weighted by molar-refractivity contribution is -0.136. The van der Waals surface area contributed by atoms with Crippen LogP contribution in [0.5, 0.6) is 0 Å². The minimum Gasteiger partial charge on any atom is -0.353 e. The third kappa shape index (κ3) is 6.64. The highest BCUT2D eigenvalue weighted by Gasteiger charge is 2.43. The summed E-state index contributed by atoms with van der Waals surface area (Å²) in [4.78, 5) is 44.0. The topological polar surface area (TPSA) is 95.7 Å². The molecule has 2 heterocycles. The predicted octanol–water partition coefficient (Wildman–Crippen LogP) is 3.01. The monoisotopic (exact) mass is 488 g/mol. The highest BCUT2D eigenvalue weighted by molar-refractivity contribution is 7.09. The Morgan fingerprint density at radius 1 is 1.21 bits per heavy atom. The molecule has 7 nitrogen and oxygen atoms in total. The standard InChI is InChI=1S/C25H33FN4O3S/c1-25(2,3)14-22(31)29(16-20-5-4-12-34-20)19-13-21(23(32)28-11-10-27)30(15-19)24(33)17-6-8-18(26)9-7-17/h4-9,12,19,21H,10-11,13-16,27H2,1-3H3,(H,28,32). The molecule has 0 spiro atoms. The molecular weight excluding hydrogens is 455 g/mol. The van der Waals surface area contributed by atoms with E-state index in [9.17, 15) is 18.8 Å². The first-order chi connectivity index (χ1) is 16.1. The van der Waals surface area contributed by atoms with Crippen LogP contribution in [0.1, 0.15) is 48.8 Å². The number of hydrogen-bond donors (Lipinski definition) is 2. The number of rotatable bonds is 8. The van der Waals surface area contributed by atoms with E-state index < -0.39 is 11.9 Å². The van der Waals surface area contributed by atoms with Gasteiger partial charge in [-0.1, -0.05) is 26.8 Å². The number of carbonyl (C=O) groups is 3. The van der Waals surface area contributed by atoms with Gasteiger partial charge in [-0.3, -0.25) is 14.4 Å². The molecule has 184 valence electrons. The van der Waals surface area contributed by atoms with Gasteiger partial charge < -0.3 is 20.9 Å². The number of halogens is 1. The van der Waals surface area contributed by atoms with Crippen LogP contribution in [-0.4, -0.2) is 59.2 Å². The van der Waals surface area contributed by atoms with Gasteiger partial charge in [0.1, 0.15) is 11.9 Å². The molecule has 2 unspecified atom stereocenters. The van der Waals surface area contributed by atoms with Gasteiger partial charge in [0.25, 0.3) is 5.91 Å². The van der Waals surface area contributed by atoms with E-state index >= 15 is 0 Å². The number of hydrogen-bond acceptors (Lipinski definition) is 5. The van der Waals surface area contributed by atoms with E-state index in [2.05, 4.69) is 5.32 Å². The van der Waals surface area contributed by atoms with Gasteiger partial charge in [-0.25, -0.2) is 4.39 Å². The molecule has 2 atom stereocenters. The molecule has 1 aromatic heterocycles. The summed E-state index contributed by atoms with van der Waals surface area (Å²) in [6, 6.07) is 8.11. The molecule has 34 heavy (non-hydrogen) atoms. The summed E-state index contributed by atoms with van der Waals surface area (Å²) in [6.45, 7) is 7.25. The van der Waals surface area contributed by atoms with Crippen molar-refractivity contribution in [3.8, 4) is 0 Å². The lowest BCUT2D eigenvalue weighted by Crippen LogP contribution is -2.47. The summed E-state index contributed by atoms with van der Waals surface area (Å²) in [5.41, 5.74) is 5.63. The van der Waals surface area contributed by atoms with Crippen molar-refractivity contribution in [3.05, 3.63) is 58.0 Å². The first-order valence-corrected chi connectivity index (χ1v) is 12.3. The fraction of sp³-hybridized carbons (Fsp3) is 0.480. The molecule has 1 aliphatic rings. The van der Waals surface area contributed by atoms with Crippen molar-refractivity contribution >= 4 is 29.1 Å². The first-order valence-electron chi connectivity index (χ1n) is 11.4. The second-order valence-electron chi connectivity index (χ2n) is 9.79. The van der Waals surface area contributed by atoms with Gasteiger partial charge in [0.2, 0.25) is 11.8 Å². The second kappa shape index (κ2) is 11.1. The summed E-state index contributed by atoms with van der Waals surface area (Å²) < 4.78 is 13.4. The maximum absolute atomic E-state index is 13.4. The van der Waals surface area contributed by atoms with Crippen LogP contribution in [0.2, 0.25) is 0 Å². The number of nitrogens with one attached hydrogen (secondary N) is 1. The lowest BCUT2D eigenvalue weighted by atomic mass is 9.91. The molecule has 1 saturated heterocycles. The predicted molar refractivity (Wildman–Crippen MR) is 131 cm³/mol. The third-order valence-electron chi connectivity index (χ3n) is 5.73. The fourth-order valence-corrected chi connectivity index (χ4v) is 4.83. The number of benzene rings is 1. The average molecular weight is 489 g/mol.